The predicted octanol–water partition coefficient (Wildman–Crippen LogP) is 6.82. The topological polar surface area (TPSA) is 97.8 Å². The Morgan fingerprint density at radius 2 is 1.41 bits per heavy atom. The number of carbonyl (C=O) groups is 1. The van der Waals surface area contributed by atoms with E-state index < -0.39 is 17.6 Å². The molecular formula is C33H24F3N3O5. The van der Waals surface area contributed by atoms with Gasteiger partial charge >= 0.3 is 6.18 Å². The molecule has 2 aliphatic rings. The van der Waals surface area contributed by atoms with E-state index in [1.807, 2.05) is 22.8 Å². The second-order valence-electron chi connectivity index (χ2n) is 10.5. The predicted molar refractivity (Wildman–Crippen MR) is 155 cm³/mol. The lowest BCUT2D eigenvalue weighted by atomic mass is 10.0. The van der Waals surface area contributed by atoms with Crippen molar-refractivity contribution in [1.29, 1.82) is 0 Å². The number of amides is 1. The molecule has 5 aromatic rings. The van der Waals surface area contributed by atoms with Crippen LogP contribution in [0.2, 0.25) is 0 Å². The molecule has 44 heavy (non-hydrogen) atoms. The number of rotatable bonds is 6. The first-order chi connectivity index (χ1) is 21.1. The van der Waals surface area contributed by atoms with E-state index >= 15 is 0 Å². The van der Waals surface area contributed by atoms with Crippen LogP contribution in [0.3, 0.4) is 0 Å². The Bertz CT molecular complexity index is 1930. The minimum Gasteiger partial charge on any atom is -0.454 e. The first kappa shape index (κ1) is 27.4. The molecule has 11 heteroatoms. The maximum atomic E-state index is 14.0. The van der Waals surface area contributed by atoms with Crippen LogP contribution in [0.25, 0.3) is 33.9 Å². The van der Waals surface area contributed by atoms with Gasteiger partial charge in [0.1, 0.15) is 5.82 Å². The first-order valence-electron chi connectivity index (χ1n) is 13.6. The normalized spacial score (nSPS) is 13.4. The summed E-state index contributed by atoms with van der Waals surface area (Å²) in [5, 5.41) is 0. The fourth-order valence-corrected chi connectivity index (χ4v) is 5.44. The highest BCUT2D eigenvalue weighted by atomic mass is 19.4. The number of benzene rings is 4. The van der Waals surface area contributed by atoms with Gasteiger partial charge in [-0.1, -0.05) is 12.1 Å². The molecule has 0 saturated heterocycles. The lowest BCUT2D eigenvalue weighted by Gasteiger charge is -2.16. The van der Waals surface area contributed by atoms with Gasteiger partial charge in [-0.25, -0.2) is 4.98 Å². The number of fused-ring (bicyclic) bond motifs is 2. The SMILES string of the molecule is Cc1cc(-c2nc(-c3ccc4c(c3)OCO4)c(-c3ccc4c(c3)OCO4)n2Cc2ccc(C(N)=O)cc2)cc(C(F)(F)F)c1. The van der Waals surface area contributed by atoms with Gasteiger partial charge in [-0.2, -0.15) is 13.2 Å². The van der Waals surface area contributed by atoms with Gasteiger partial charge in [-0.05, 0) is 84.8 Å². The van der Waals surface area contributed by atoms with E-state index in [4.69, 9.17) is 29.7 Å². The van der Waals surface area contributed by atoms with E-state index in [-0.39, 0.29) is 20.1 Å². The monoisotopic (exact) mass is 599 g/mol. The van der Waals surface area contributed by atoms with Gasteiger partial charge in [0.25, 0.3) is 0 Å². The van der Waals surface area contributed by atoms with Crippen molar-refractivity contribution in [3.63, 3.8) is 0 Å². The Morgan fingerprint density at radius 3 is 2.05 bits per heavy atom. The highest BCUT2D eigenvalue weighted by molar-refractivity contribution is 5.92. The van der Waals surface area contributed by atoms with Crippen molar-refractivity contribution in [2.24, 2.45) is 5.73 Å². The molecular weight excluding hydrogens is 575 g/mol. The molecule has 2 N–H and O–H groups in total. The van der Waals surface area contributed by atoms with E-state index in [0.29, 0.717) is 68.0 Å². The van der Waals surface area contributed by atoms with Gasteiger partial charge in [0.2, 0.25) is 19.5 Å². The highest BCUT2D eigenvalue weighted by Gasteiger charge is 2.32. The fraction of sp³-hybridized carbons (Fsp3) is 0.152. The molecule has 7 rings (SSSR count). The minimum absolute atomic E-state index is 0.0774. The van der Waals surface area contributed by atoms with E-state index in [0.717, 1.165) is 17.7 Å². The van der Waals surface area contributed by atoms with Crippen molar-refractivity contribution < 1.29 is 36.9 Å². The molecule has 0 atom stereocenters. The molecule has 8 nitrogen and oxygen atoms in total. The molecule has 4 aromatic carbocycles. The summed E-state index contributed by atoms with van der Waals surface area (Å²) in [6, 6.07) is 21.5. The maximum Gasteiger partial charge on any atom is 0.416 e. The number of nitrogens with zero attached hydrogens (tertiary/aromatic N) is 2. The summed E-state index contributed by atoms with van der Waals surface area (Å²) >= 11 is 0. The van der Waals surface area contributed by atoms with Crippen LogP contribution in [0.1, 0.15) is 27.0 Å². The van der Waals surface area contributed by atoms with E-state index in [1.54, 1.807) is 55.5 Å². The largest absolute Gasteiger partial charge is 0.454 e. The molecule has 0 unspecified atom stereocenters. The van der Waals surface area contributed by atoms with Crippen LogP contribution in [0.15, 0.2) is 78.9 Å². The smallest absolute Gasteiger partial charge is 0.416 e. The Hall–Kier alpha value is -5.45. The summed E-state index contributed by atoms with van der Waals surface area (Å²) in [4.78, 5) is 16.7. The minimum atomic E-state index is -4.55. The van der Waals surface area contributed by atoms with Crippen molar-refractivity contribution in [3.8, 4) is 56.9 Å². The second-order valence-corrected chi connectivity index (χ2v) is 10.5. The average molecular weight is 600 g/mol. The van der Waals surface area contributed by atoms with Gasteiger partial charge in [0, 0.05) is 28.8 Å². The maximum absolute atomic E-state index is 14.0. The van der Waals surface area contributed by atoms with E-state index in [1.165, 1.54) is 0 Å². The Kier molecular flexibility index (Phi) is 6.45. The summed E-state index contributed by atoms with van der Waals surface area (Å²) in [6.45, 7) is 1.99. The average Bonchev–Trinajstić information content (AvgIpc) is 3.74. The Morgan fingerprint density at radius 1 is 0.795 bits per heavy atom. The van der Waals surface area contributed by atoms with Crippen molar-refractivity contribution in [3.05, 3.63) is 101 Å². The van der Waals surface area contributed by atoms with Crippen LogP contribution in [-0.2, 0) is 12.7 Å². The zero-order valence-electron chi connectivity index (χ0n) is 23.3. The van der Waals surface area contributed by atoms with Gasteiger partial charge in [-0.15, -0.1) is 0 Å². The van der Waals surface area contributed by atoms with Gasteiger partial charge in [0.15, 0.2) is 23.0 Å². The van der Waals surface area contributed by atoms with Crippen LogP contribution in [0.5, 0.6) is 23.0 Å². The molecule has 1 aromatic heterocycles. The van der Waals surface area contributed by atoms with Crippen LogP contribution in [0.4, 0.5) is 13.2 Å². The van der Waals surface area contributed by atoms with Gasteiger partial charge in [-0.3, -0.25) is 4.79 Å². The Balaban J connectivity index is 1.50. The number of primary amides is 1. The number of alkyl halides is 3. The zero-order chi connectivity index (χ0) is 30.6. The second kappa shape index (κ2) is 10.4. The molecule has 1 amide bonds. The van der Waals surface area contributed by atoms with Crippen molar-refractivity contribution in [2.75, 3.05) is 13.6 Å². The molecule has 0 radical (unpaired) electrons. The third-order valence-electron chi connectivity index (χ3n) is 7.50. The number of aromatic nitrogens is 2. The van der Waals surface area contributed by atoms with Crippen molar-refractivity contribution in [2.45, 2.75) is 19.6 Å². The third-order valence-corrected chi connectivity index (χ3v) is 7.50. The van der Waals surface area contributed by atoms with Gasteiger partial charge < -0.3 is 29.2 Å². The number of ether oxygens (including phenoxy) is 4. The summed E-state index contributed by atoms with van der Waals surface area (Å²) in [5.41, 5.74) is 9.03. The van der Waals surface area contributed by atoms with E-state index in [9.17, 15) is 18.0 Å². The van der Waals surface area contributed by atoms with Gasteiger partial charge in [0.05, 0.1) is 17.0 Å². The summed E-state index contributed by atoms with van der Waals surface area (Å²) < 4.78 is 66.1. The van der Waals surface area contributed by atoms with Crippen LogP contribution < -0.4 is 24.7 Å². The molecule has 0 saturated carbocycles. The van der Waals surface area contributed by atoms with Crippen molar-refractivity contribution >= 4 is 5.91 Å². The number of nitrogens with two attached hydrogens (primary N) is 1. The number of hydrogen-bond acceptors (Lipinski definition) is 6. The zero-order valence-corrected chi connectivity index (χ0v) is 23.3. The third kappa shape index (κ3) is 4.96. The van der Waals surface area contributed by atoms with Crippen LogP contribution in [0, 0.1) is 6.92 Å². The fourth-order valence-electron chi connectivity index (χ4n) is 5.44. The van der Waals surface area contributed by atoms with Crippen LogP contribution >= 0.6 is 0 Å². The molecule has 0 spiro atoms. The number of imidazole rings is 1. The summed E-state index contributed by atoms with van der Waals surface area (Å²) in [5.74, 6) is 1.99. The quantitative estimate of drug-likeness (QED) is 0.230. The molecule has 2 aliphatic heterocycles. The number of hydrogen-bond donors (Lipinski definition) is 1. The number of halogens is 3. The molecule has 0 aliphatic carbocycles. The number of carbonyl (C=O) groups excluding carboxylic acids is 1. The highest BCUT2D eigenvalue weighted by Crippen LogP contribution is 2.44. The lowest BCUT2D eigenvalue weighted by Crippen LogP contribution is -2.11. The Labute approximate surface area is 249 Å². The lowest BCUT2D eigenvalue weighted by molar-refractivity contribution is -0.137. The van der Waals surface area contributed by atoms with Crippen LogP contribution in [-0.4, -0.2) is 29.0 Å². The first-order valence-corrected chi connectivity index (χ1v) is 13.6. The molecule has 222 valence electrons. The van der Waals surface area contributed by atoms with Crippen molar-refractivity contribution in [1.82, 2.24) is 9.55 Å². The molecule has 0 fully saturated rings. The van der Waals surface area contributed by atoms with E-state index in [2.05, 4.69) is 0 Å². The summed E-state index contributed by atoms with van der Waals surface area (Å²) in [7, 11) is 0. The number of aryl methyl sites for hydroxylation is 1. The standard InChI is InChI=1S/C33H24F3N3O5/c1-18-10-23(12-24(11-18)33(34,35)36)32-38-29(21-6-8-25-27(13-21)43-16-41-25)30(22-7-9-26-28(14-22)44-17-42-26)39(32)15-19-2-4-20(5-3-19)31(37)40/h2-14H,15-17H2,1H3,(H2,37,40). The molecule has 3 heterocycles. The summed E-state index contributed by atoms with van der Waals surface area (Å²) in [6.07, 6.45) is -4.55. The molecule has 0 bridgehead atoms.